The van der Waals surface area contributed by atoms with Gasteiger partial charge in [0, 0.05) is 10.6 Å². The van der Waals surface area contributed by atoms with Crippen LogP contribution in [0.2, 0.25) is 0 Å². The lowest BCUT2D eigenvalue weighted by atomic mass is 10.1. The van der Waals surface area contributed by atoms with Crippen LogP contribution in [0.3, 0.4) is 0 Å². The molecule has 1 N–H and O–H groups in total. The summed E-state index contributed by atoms with van der Waals surface area (Å²) in [5.41, 5.74) is 0.771. The van der Waals surface area contributed by atoms with Crippen LogP contribution >= 0.6 is 11.8 Å². The van der Waals surface area contributed by atoms with E-state index in [1.54, 1.807) is 12.1 Å². The summed E-state index contributed by atoms with van der Waals surface area (Å²) in [5.74, 6) is 1.96. The monoisotopic (exact) mass is 293 g/mol. The number of hydrogen-bond donors (Lipinski definition) is 1. The first-order valence-electron chi connectivity index (χ1n) is 7.32. The molecule has 0 amide bonds. The highest BCUT2D eigenvalue weighted by Gasteiger charge is 2.29. The van der Waals surface area contributed by atoms with Crippen molar-refractivity contribution in [1.82, 2.24) is 5.32 Å². The molecule has 0 bridgehead atoms. The highest BCUT2D eigenvalue weighted by atomic mass is 32.2. The fourth-order valence-corrected chi connectivity index (χ4v) is 4.16. The van der Waals surface area contributed by atoms with E-state index in [0.717, 1.165) is 29.7 Å². The van der Waals surface area contributed by atoms with Gasteiger partial charge in [0.15, 0.2) is 0 Å². The lowest BCUT2D eigenvalue weighted by molar-refractivity contribution is 0.415. The van der Waals surface area contributed by atoms with Gasteiger partial charge in [0.25, 0.3) is 0 Å². The average Bonchev–Trinajstić information content (AvgIpc) is 3.08. The van der Waals surface area contributed by atoms with Crippen molar-refractivity contribution in [2.45, 2.75) is 37.5 Å². The van der Waals surface area contributed by atoms with E-state index in [1.165, 1.54) is 24.7 Å². The second-order valence-electron chi connectivity index (χ2n) is 5.31. The van der Waals surface area contributed by atoms with Crippen molar-refractivity contribution in [2.24, 2.45) is 0 Å². The molecule has 1 aliphatic heterocycles. The Balaban J connectivity index is 1.90. The third kappa shape index (κ3) is 2.86. The predicted molar refractivity (Wildman–Crippen MR) is 82.7 cm³/mol. The Morgan fingerprint density at radius 1 is 1.45 bits per heavy atom. The van der Waals surface area contributed by atoms with Crippen molar-refractivity contribution < 1.29 is 8.81 Å². The number of nitrogens with one attached hydrogen (secondary N) is 1. The number of halogens is 1. The molecule has 0 radical (unpaired) electrons. The fourth-order valence-electron chi connectivity index (χ4n) is 2.77. The lowest BCUT2D eigenvalue weighted by Crippen LogP contribution is -2.29. The third-order valence-corrected chi connectivity index (χ3v) is 5.22. The van der Waals surface area contributed by atoms with Crippen LogP contribution in [0.15, 0.2) is 28.7 Å². The van der Waals surface area contributed by atoms with Crippen LogP contribution in [0.4, 0.5) is 4.39 Å². The lowest BCUT2D eigenvalue weighted by Gasteiger charge is -2.22. The molecule has 3 rings (SSSR count). The van der Waals surface area contributed by atoms with E-state index in [1.807, 2.05) is 17.8 Å². The summed E-state index contributed by atoms with van der Waals surface area (Å²) in [6, 6.07) is 6.94. The second kappa shape index (κ2) is 6.19. The van der Waals surface area contributed by atoms with Crippen molar-refractivity contribution in [1.29, 1.82) is 0 Å². The number of fused-ring (bicyclic) bond motifs is 1. The van der Waals surface area contributed by atoms with Gasteiger partial charge in [-0.25, -0.2) is 4.39 Å². The topological polar surface area (TPSA) is 25.2 Å². The summed E-state index contributed by atoms with van der Waals surface area (Å²) in [6.07, 6.45) is 3.59. The minimum absolute atomic E-state index is 0.210. The molecule has 2 heterocycles. The quantitative estimate of drug-likeness (QED) is 0.878. The molecule has 0 aliphatic carbocycles. The van der Waals surface area contributed by atoms with Gasteiger partial charge in [0.2, 0.25) is 0 Å². The minimum Gasteiger partial charge on any atom is -0.459 e. The number of furan rings is 1. The number of rotatable bonds is 5. The number of hydrogen-bond acceptors (Lipinski definition) is 3. The van der Waals surface area contributed by atoms with Gasteiger partial charge in [-0.2, -0.15) is 11.8 Å². The molecule has 0 saturated carbocycles. The number of benzene rings is 1. The maximum atomic E-state index is 13.3. The van der Waals surface area contributed by atoms with E-state index in [2.05, 4.69) is 12.2 Å². The second-order valence-corrected chi connectivity index (χ2v) is 6.66. The normalized spacial score (nSPS) is 20.6. The van der Waals surface area contributed by atoms with Crippen LogP contribution in [0, 0.1) is 5.82 Å². The van der Waals surface area contributed by atoms with Crippen molar-refractivity contribution in [3.05, 3.63) is 35.8 Å². The van der Waals surface area contributed by atoms with Gasteiger partial charge in [-0.05, 0) is 55.8 Å². The molecule has 2 aromatic rings. The molecule has 1 saturated heterocycles. The van der Waals surface area contributed by atoms with Crippen molar-refractivity contribution >= 4 is 22.7 Å². The zero-order valence-electron chi connectivity index (χ0n) is 11.7. The summed E-state index contributed by atoms with van der Waals surface area (Å²) in [5, 5.41) is 5.01. The first-order valence-corrected chi connectivity index (χ1v) is 8.37. The van der Waals surface area contributed by atoms with Gasteiger partial charge in [-0.3, -0.25) is 0 Å². The SMILES string of the molecule is CCCNC(c1cc2cc(F)ccc2o1)C1CCCS1. The summed E-state index contributed by atoms with van der Waals surface area (Å²) in [6.45, 7) is 3.15. The third-order valence-electron chi connectivity index (χ3n) is 3.75. The van der Waals surface area contributed by atoms with Crippen molar-refractivity contribution in [3.8, 4) is 0 Å². The standard InChI is InChI=1S/C16H20FNOS/c1-2-7-18-16(15-4-3-8-20-15)14-10-11-9-12(17)5-6-13(11)19-14/h5-6,9-10,15-16,18H,2-4,7-8H2,1H3. The Bertz CT molecular complexity index is 577. The highest BCUT2D eigenvalue weighted by molar-refractivity contribution is 8.00. The van der Waals surface area contributed by atoms with Gasteiger partial charge >= 0.3 is 0 Å². The van der Waals surface area contributed by atoms with Crippen LogP contribution in [-0.2, 0) is 0 Å². The molecular weight excluding hydrogens is 273 g/mol. The molecule has 2 nitrogen and oxygen atoms in total. The molecular formula is C16H20FNOS. The van der Waals surface area contributed by atoms with E-state index in [0.29, 0.717) is 5.25 Å². The molecule has 2 atom stereocenters. The molecule has 4 heteroatoms. The van der Waals surface area contributed by atoms with E-state index in [-0.39, 0.29) is 11.9 Å². The van der Waals surface area contributed by atoms with Gasteiger partial charge in [-0.15, -0.1) is 0 Å². The highest BCUT2D eigenvalue weighted by Crippen LogP contribution is 2.37. The summed E-state index contributed by atoms with van der Waals surface area (Å²) >= 11 is 2.01. The maximum Gasteiger partial charge on any atom is 0.134 e. The Labute approximate surface area is 123 Å². The molecule has 0 spiro atoms. The first-order chi connectivity index (χ1) is 9.78. The number of thioether (sulfide) groups is 1. The molecule has 20 heavy (non-hydrogen) atoms. The zero-order valence-corrected chi connectivity index (χ0v) is 12.5. The van der Waals surface area contributed by atoms with E-state index in [9.17, 15) is 4.39 Å². The van der Waals surface area contributed by atoms with Crippen molar-refractivity contribution in [3.63, 3.8) is 0 Å². The minimum atomic E-state index is -0.210. The van der Waals surface area contributed by atoms with E-state index >= 15 is 0 Å². The van der Waals surface area contributed by atoms with Crippen LogP contribution in [0.1, 0.15) is 38.0 Å². The van der Waals surface area contributed by atoms with Gasteiger partial charge < -0.3 is 9.73 Å². The van der Waals surface area contributed by atoms with Crippen LogP contribution in [0.5, 0.6) is 0 Å². The molecule has 1 aromatic carbocycles. The Kier molecular flexibility index (Phi) is 4.32. The molecule has 1 aliphatic rings. The summed E-state index contributed by atoms with van der Waals surface area (Å²) < 4.78 is 19.2. The van der Waals surface area contributed by atoms with Crippen molar-refractivity contribution in [2.75, 3.05) is 12.3 Å². The Morgan fingerprint density at radius 2 is 2.35 bits per heavy atom. The predicted octanol–water partition coefficient (Wildman–Crippen LogP) is 4.51. The maximum absolute atomic E-state index is 13.3. The average molecular weight is 293 g/mol. The van der Waals surface area contributed by atoms with Crippen LogP contribution in [-0.4, -0.2) is 17.5 Å². The molecule has 1 fully saturated rings. The largest absolute Gasteiger partial charge is 0.459 e. The zero-order chi connectivity index (χ0) is 13.9. The Hall–Kier alpha value is -1.000. The van der Waals surface area contributed by atoms with Crippen LogP contribution in [0.25, 0.3) is 11.0 Å². The van der Waals surface area contributed by atoms with Gasteiger partial charge in [0.1, 0.15) is 17.2 Å². The molecule has 2 unspecified atom stereocenters. The summed E-state index contributed by atoms with van der Waals surface area (Å²) in [4.78, 5) is 0. The molecule has 1 aromatic heterocycles. The van der Waals surface area contributed by atoms with Crippen LogP contribution < -0.4 is 5.32 Å². The summed E-state index contributed by atoms with van der Waals surface area (Å²) in [7, 11) is 0. The smallest absolute Gasteiger partial charge is 0.134 e. The Morgan fingerprint density at radius 3 is 3.10 bits per heavy atom. The van der Waals surface area contributed by atoms with Gasteiger partial charge in [-0.1, -0.05) is 6.92 Å². The molecule has 108 valence electrons. The van der Waals surface area contributed by atoms with Gasteiger partial charge in [0.05, 0.1) is 6.04 Å². The van der Waals surface area contributed by atoms with E-state index in [4.69, 9.17) is 4.42 Å². The fraction of sp³-hybridized carbons (Fsp3) is 0.500. The van der Waals surface area contributed by atoms with E-state index < -0.39 is 0 Å². The first kappa shape index (κ1) is 14.0.